The maximum absolute atomic E-state index is 11.8. The number of carbonyl (C=O) groups is 2. The zero-order valence-corrected chi connectivity index (χ0v) is 12.0. The van der Waals surface area contributed by atoms with Gasteiger partial charge in [0.2, 0.25) is 5.76 Å². The maximum Gasteiger partial charge on any atom is 0.371 e. The molecule has 1 rings (SSSR count). The second-order valence-electron chi connectivity index (χ2n) is 4.15. The third-order valence-corrected chi connectivity index (χ3v) is 3.49. The van der Waals surface area contributed by atoms with Gasteiger partial charge in [-0.05, 0) is 25.3 Å². The summed E-state index contributed by atoms with van der Waals surface area (Å²) in [4.78, 5) is 24.1. The van der Waals surface area contributed by atoms with Crippen LogP contribution in [0.1, 0.15) is 23.2 Å². The Hall–Kier alpha value is -1.63. The van der Waals surface area contributed by atoms with E-state index in [2.05, 4.69) is 5.32 Å². The lowest BCUT2D eigenvalue weighted by molar-refractivity contribution is 0.0660. The Balaban J connectivity index is 2.47. The van der Waals surface area contributed by atoms with Gasteiger partial charge in [0.1, 0.15) is 5.76 Å². The van der Waals surface area contributed by atoms with Crippen molar-refractivity contribution >= 4 is 23.8 Å². The average molecular weight is 286 g/mol. The number of urea groups is 1. The summed E-state index contributed by atoms with van der Waals surface area (Å²) in [7, 11) is 1.72. The highest BCUT2D eigenvalue weighted by Crippen LogP contribution is 2.08. The van der Waals surface area contributed by atoms with E-state index >= 15 is 0 Å². The predicted octanol–water partition coefficient (Wildman–Crippen LogP) is 1.87. The molecule has 0 bridgehead atoms. The second kappa shape index (κ2) is 7.08. The number of nitrogens with zero attached hydrogens (tertiary/aromatic N) is 1. The number of carbonyl (C=O) groups excluding carboxylic acids is 1. The average Bonchev–Trinajstić information content (AvgIpc) is 2.84. The summed E-state index contributed by atoms with van der Waals surface area (Å²) in [5, 5.41) is 11.4. The minimum absolute atomic E-state index is 0.126. The van der Waals surface area contributed by atoms with E-state index < -0.39 is 5.97 Å². The van der Waals surface area contributed by atoms with E-state index in [1.54, 1.807) is 23.7 Å². The predicted molar refractivity (Wildman–Crippen MR) is 73.5 cm³/mol. The van der Waals surface area contributed by atoms with Gasteiger partial charge in [0.15, 0.2) is 0 Å². The van der Waals surface area contributed by atoms with E-state index in [9.17, 15) is 9.59 Å². The first-order valence-electron chi connectivity index (χ1n) is 5.77. The van der Waals surface area contributed by atoms with Crippen LogP contribution in [0.2, 0.25) is 0 Å². The topological polar surface area (TPSA) is 82.8 Å². The van der Waals surface area contributed by atoms with Gasteiger partial charge in [-0.2, -0.15) is 11.8 Å². The fourth-order valence-electron chi connectivity index (χ4n) is 1.43. The molecular weight excluding hydrogens is 268 g/mol. The van der Waals surface area contributed by atoms with Crippen LogP contribution < -0.4 is 5.32 Å². The second-order valence-corrected chi connectivity index (χ2v) is 5.06. The number of carboxylic acid groups (broad SMARTS) is 1. The van der Waals surface area contributed by atoms with Crippen molar-refractivity contribution in [3.05, 3.63) is 23.7 Å². The molecule has 6 nitrogen and oxygen atoms in total. The Bertz CT molecular complexity index is 447. The van der Waals surface area contributed by atoms with Crippen LogP contribution in [0.25, 0.3) is 0 Å². The number of aromatic carboxylic acids is 1. The molecule has 1 unspecified atom stereocenters. The van der Waals surface area contributed by atoms with Crippen molar-refractivity contribution in [2.45, 2.75) is 19.5 Å². The highest BCUT2D eigenvalue weighted by molar-refractivity contribution is 7.98. The molecule has 0 aromatic carbocycles. The van der Waals surface area contributed by atoms with Crippen LogP contribution in [-0.2, 0) is 6.54 Å². The monoisotopic (exact) mass is 286 g/mol. The third-order valence-electron chi connectivity index (χ3n) is 2.68. The van der Waals surface area contributed by atoms with Crippen LogP contribution in [0.15, 0.2) is 16.5 Å². The number of hydrogen-bond donors (Lipinski definition) is 2. The fraction of sp³-hybridized carbons (Fsp3) is 0.500. The quantitative estimate of drug-likeness (QED) is 0.834. The van der Waals surface area contributed by atoms with Crippen LogP contribution in [0, 0.1) is 0 Å². The smallest absolute Gasteiger partial charge is 0.371 e. The molecule has 0 spiro atoms. The largest absolute Gasteiger partial charge is 0.475 e. The number of nitrogens with one attached hydrogen (secondary N) is 1. The van der Waals surface area contributed by atoms with Gasteiger partial charge >= 0.3 is 12.0 Å². The van der Waals surface area contributed by atoms with E-state index in [1.165, 1.54) is 12.1 Å². The van der Waals surface area contributed by atoms with Crippen molar-refractivity contribution in [1.82, 2.24) is 10.2 Å². The summed E-state index contributed by atoms with van der Waals surface area (Å²) < 4.78 is 5.05. The zero-order chi connectivity index (χ0) is 14.4. The van der Waals surface area contributed by atoms with Crippen molar-refractivity contribution in [2.24, 2.45) is 0 Å². The Morgan fingerprint density at radius 3 is 2.74 bits per heavy atom. The Morgan fingerprint density at radius 1 is 1.53 bits per heavy atom. The minimum Gasteiger partial charge on any atom is -0.475 e. The molecule has 0 fully saturated rings. The standard InChI is InChI=1S/C12H18N2O4S/c1-8(7-19-3)14(2)12(17)13-6-9-4-5-10(18-9)11(15)16/h4-5,8H,6-7H2,1-3H3,(H,13,17)(H,15,16). The minimum atomic E-state index is -1.12. The molecule has 1 heterocycles. The molecule has 0 aliphatic rings. The highest BCUT2D eigenvalue weighted by Gasteiger charge is 2.15. The number of amides is 2. The van der Waals surface area contributed by atoms with E-state index in [0.717, 1.165) is 5.75 Å². The molecule has 1 aromatic heterocycles. The number of furan rings is 1. The molecule has 19 heavy (non-hydrogen) atoms. The molecule has 1 atom stereocenters. The SMILES string of the molecule is CSCC(C)N(C)C(=O)NCc1ccc(C(=O)O)o1. The Kier molecular flexibility index (Phi) is 5.75. The van der Waals surface area contributed by atoms with Crippen LogP contribution >= 0.6 is 11.8 Å². The van der Waals surface area contributed by atoms with Crippen LogP contribution in [0.5, 0.6) is 0 Å². The molecule has 2 N–H and O–H groups in total. The summed E-state index contributed by atoms with van der Waals surface area (Å²) >= 11 is 1.67. The lowest BCUT2D eigenvalue weighted by Crippen LogP contribution is -2.43. The fourth-order valence-corrected chi connectivity index (χ4v) is 2.13. The lowest BCUT2D eigenvalue weighted by Gasteiger charge is -2.24. The summed E-state index contributed by atoms with van der Waals surface area (Å²) in [6.07, 6.45) is 1.98. The van der Waals surface area contributed by atoms with Crippen molar-refractivity contribution in [2.75, 3.05) is 19.1 Å². The van der Waals surface area contributed by atoms with E-state index in [-0.39, 0.29) is 24.4 Å². The van der Waals surface area contributed by atoms with Gasteiger partial charge in [-0.1, -0.05) is 0 Å². The molecule has 0 saturated heterocycles. The highest BCUT2D eigenvalue weighted by atomic mass is 32.2. The van der Waals surface area contributed by atoms with Crippen LogP contribution in [0.3, 0.4) is 0 Å². The molecule has 1 aromatic rings. The van der Waals surface area contributed by atoms with Gasteiger partial charge in [-0.25, -0.2) is 9.59 Å². The summed E-state index contributed by atoms with van der Waals surface area (Å²) in [6.45, 7) is 2.13. The van der Waals surface area contributed by atoms with Crippen molar-refractivity contribution < 1.29 is 19.1 Å². The number of carboxylic acids is 1. The van der Waals surface area contributed by atoms with Gasteiger partial charge < -0.3 is 19.7 Å². The third kappa shape index (κ3) is 4.51. The molecule has 0 radical (unpaired) electrons. The summed E-state index contributed by atoms with van der Waals surface area (Å²) in [5.74, 6) is 0.0155. The van der Waals surface area contributed by atoms with E-state index in [4.69, 9.17) is 9.52 Å². The zero-order valence-electron chi connectivity index (χ0n) is 11.2. The van der Waals surface area contributed by atoms with Gasteiger partial charge in [-0.15, -0.1) is 0 Å². The molecule has 106 valence electrons. The lowest BCUT2D eigenvalue weighted by atomic mass is 10.3. The van der Waals surface area contributed by atoms with Gasteiger partial charge in [0.25, 0.3) is 0 Å². The normalized spacial score (nSPS) is 11.9. The molecule has 0 aliphatic carbocycles. The van der Waals surface area contributed by atoms with Gasteiger partial charge in [-0.3, -0.25) is 0 Å². The van der Waals surface area contributed by atoms with Gasteiger partial charge in [0, 0.05) is 18.8 Å². The number of thioether (sulfide) groups is 1. The van der Waals surface area contributed by atoms with Crippen molar-refractivity contribution in [3.63, 3.8) is 0 Å². The first kappa shape index (κ1) is 15.4. The van der Waals surface area contributed by atoms with Crippen molar-refractivity contribution in [3.8, 4) is 0 Å². The molecular formula is C12H18N2O4S. The summed E-state index contributed by atoms with van der Waals surface area (Å²) in [5.41, 5.74) is 0. The summed E-state index contributed by atoms with van der Waals surface area (Å²) in [6, 6.07) is 2.81. The number of hydrogen-bond acceptors (Lipinski definition) is 4. The number of rotatable bonds is 6. The Labute approximate surface area is 116 Å². The van der Waals surface area contributed by atoms with Gasteiger partial charge in [0.05, 0.1) is 6.54 Å². The molecule has 0 saturated carbocycles. The molecule has 7 heteroatoms. The van der Waals surface area contributed by atoms with Crippen LogP contribution in [-0.4, -0.2) is 47.1 Å². The molecule has 0 aliphatic heterocycles. The molecule has 2 amide bonds. The maximum atomic E-state index is 11.8. The first-order valence-corrected chi connectivity index (χ1v) is 7.16. The Morgan fingerprint density at radius 2 is 2.21 bits per heavy atom. The van der Waals surface area contributed by atoms with E-state index in [1.807, 2.05) is 13.2 Å². The van der Waals surface area contributed by atoms with Crippen LogP contribution in [0.4, 0.5) is 4.79 Å². The van der Waals surface area contributed by atoms with E-state index in [0.29, 0.717) is 5.76 Å². The van der Waals surface area contributed by atoms with Crippen molar-refractivity contribution in [1.29, 1.82) is 0 Å². The first-order chi connectivity index (χ1) is 8.95.